The standard InChI is InChI=1S/C29H25BrN2O6S/c1-2-36-28-18-23(14-16-27(28)37-20-21-9-5-3-6-10-21)29(33)32-31-19-22-13-15-26(25(30)17-22)38-39(34,35)24-11-7-4-8-12-24/h3-19H,2,20H2,1H3,(H,32,33)/b31-19+. The summed E-state index contributed by atoms with van der Waals surface area (Å²) in [5.41, 5.74) is 4.44. The minimum atomic E-state index is -3.98. The van der Waals surface area contributed by atoms with Crippen molar-refractivity contribution in [2.45, 2.75) is 18.4 Å². The van der Waals surface area contributed by atoms with Gasteiger partial charge in [-0.15, -0.1) is 0 Å². The molecule has 4 aromatic carbocycles. The molecule has 0 heterocycles. The molecule has 0 radical (unpaired) electrons. The van der Waals surface area contributed by atoms with Crippen molar-refractivity contribution in [3.63, 3.8) is 0 Å². The molecule has 0 aliphatic rings. The summed E-state index contributed by atoms with van der Waals surface area (Å²) in [6, 6.07) is 27.2. The summed E-state index contributed by atoms with van der Waals surface area (Å²) in [5, 5.41) is 4.01. The van der Waals surface area contributed by atoms with Gasteiger partial charge < -0.3 is 13.7 Å². The summed E-state index contributed by atoms with van der Waals surface area (Å²) in [7, 11) is -3.98. The molecule has 0 saturated carbocycles. The number of hydrazone groups is 1. The predicted molar refractivity (Wildman–Crippen MR) is 152 cm³/mol. The number of ether oxygens (including phenoxy) is 2. The lowest BCUT2D eigenvalue weighted by atomic mass is 10.2. The van der Waals surface area contributed by atoms with Crippen molar-refractivity contribution in [1.82, 2.24) is 5.43 Å². The number of carbonyl (C=O) groups excluding carboxylic acids is 1. The van der Waals surface area contributed by atoms with Gasteiger partial charge in [0.05, 0.1) is 17.3 Å². The zero-order valence-corrected chi connectivity index (χ0v) is 23.3. The normalized spacial score (nSPS) is 11.2. The molecule has 1 amide bonds. The Morgan fingerprint density at radius 2 is 1.56 bits per heavy atom. The number of rotatable bonds is 11. The van der Waals surface area contributed by atoms with E-state index in [9.17, 15) is 13.2 Å². The Morgan fingerprint density at radius 3 is 2.26 bits per heavy atom. The molecule has 0 atom stereocenters. The molecule has 8 nitrogen and oxygen atoms in total. The number of nitrogens with zero attached hydrogens (tertiary/aromatic N) is 1. The molecule has 0 fully saturated rings. The predicted octanol–water partition coefficient (Wildman–Crippen LogP) is 5.96. The first-order valence-electron chi connectivity index (χ1n) is 11.9. The van der Waals surface area contributed by atoms with E-state index in [2.05, 4.69) is 26.5 Å². The number of hydrogen-bond acceptors (Lipinski definition) is 7. The number of carbonyl (C=O) groups is 1. The van der Waals surface area contributed by atoms with Gasteiger partial charge >= 0.3 is 10.1 Å². The van der Waals surface area contributed by atoms with Crippen molar-refractivity contribution in [2.75, 3.05) is 6.61 Å². The number of benzene rings is 4. The second-order valence-electron chi connectivity index (χ2n) is 8.11. The van der Waals surface area contributed by atoms with E-state index in [0.717, 1.165) is 5.56 Å². The highest BCUT2D eigenvalue weighted by molar-refractivity contribution is 9.10. The molecule has 0 saturated heterocycles. The summed E-state index contributed by atoms with van der Waals surface area (Å²) in [6.07, 6.45) is 1.43. The number of nitrogens with one attached hydrogen (secondary N) is 1. The monoisotopic (exact) mass is 608 g/mol. The molecular weight excluding hydrogens is 584 g/mol. The Hall–Kier alpha value is -4.15. The van der Waals surface area contributed by atoms with Crippen LogP contribution in [0, 0.1) is 0 Å². The maximum atomic E-state index is 12.7. The zero-order valence-electron chi connectivity index (χ0n) is 20.9. The highest BCUT2D eigenvalue weighted by Gasteiger charge is 2.18. The van der Waals surface area contributed by atoms with E-state index >= 15 is 0 Å². The van der Waals surface area contributed by atoms with Crippen LogP contribution in [-0.2, 0) is 16.7 Å². The molecule has 0 bridgehead atoms. The van der Waals surface area contributed by atoms with E-state index in [-0.39, 0.29) is 10.6 Å². The second kappa shape index (κ2) is 13.1. The fourth-order valence-corrected chi connectivity index (χ4v) is 4.97. The van der Waals surface area contributed by atoms with Crippen LogP contribution in [0.15, 0.2) is 112 Å². The largest absolute Gasteiger partial charge is 0.490 e. The number of amides is 1. The maximum Gasteiger partial charge on any atom is 0.339 e. The molecule has 0 unspecified atom stereocenters. The van der Waals surface area contributed by atoms with Gasteiger partial charge in [-0.2, -0.15) is 13.5 Å². The van der Waals surface area contributed by atoms with Crippen LogP contribution < -0.4 is 19.1 Å². The van der Waals surface area contributed by atoms with Crippen molar-refractivity contribution in [2.24, 2.45) is 5.10 Å². The van der Waals surface area contributed by atoms with Crippen LogP contribution in [-0.4, -0.2) is 27.1 Å². The van der Waals surface area contributed by atoms with Crippen LogP contribution in [0.4, 0.5) is 0 Å². The summed E-state index contributed by atoms with van der Waals surface area (Å²) in [6.45, 7) is 2.63. The molecule has 0 aliphatic heterocycles. The fraction of sp³-hybridized carbons (Fsp3) is 0.103. The second-order valence-corrected chi connectivity index (χ2v) is 10.5. The maximum absolute atomic E-state index is 12.7. The van der Waals surface area contributed by atoms with E-state index in [4.69, 9.17) is 13.7 Å². The Morgan fingerprint density at radius 1 is 0.872 bits per heavy atom. The van der Waals surface area contributed by atoms with E-state index < -0.39 is 16.0 Å². The van der Waals surface area contributed by atoms with Crippen molar-refractivity contribution in [1.29, 1.82) is 0 Å². The van der Waals surface area contributed by atoms with Gasteiger partial charge in [0.25, 0.3) is 5.91 Å². The van der Waals surface area contributed by atoms with Gasteiger partial charge in [-0.05, 0) is 82.5 Å². The van der Waals surface area contributed by atoms with Gasteiger partial charge in [-0.1, -0.05) is 48.5 Å². The Labute approximate surface area is 235 Å². The molecule has 4 aromatic rings. The van der Waals surface area contributed by atoms with E-state index in [0.29, 0.717) is 40.3 Å². The molecule has 0 spiro atoms. The average Bonchev–Trinajstić information content (AvgIpc) is 2.95. The topological polar surface area (TPSA) is 103 Å². The van der Waals surface area contributed by atoms with Gasteiger partial charge in [0, 0.05) is 5.56 Å². The molecule has 10 heteroatoms. The first-order valence-corrected chi connectivity index (χ1v) is 14.1. The van der Waals surface area contributed by atoms with Gasteiger partial charge in [0.1, 0.15) is 11.5 Å². The molecule has 200 valence electrons. The minimum Gasteiger partial charge on any atom is -0.490 e. The van der Waals surface area contributed by atoms with Gasteiger partial charge in [-0.25, -0.2) is 5.43 Å². The van der Waals surface area contributed by atoms with Crippen LogP contribution in [0.25, 0.3) is 0 Å². The first kappa shape index (κ1) is 27.9. The molecule has 4 rings (SSSR count). The summed E-state index contributed by atoms with van der Waals surface area (Å²) >= 11 is 3.32. The van der Waals surface area contributed by atoms with Crippen LogP contribution in [0.3, 0.4) is 0 Å². The lowest BCUT2D eigenvalue weighted by Gasteiger charge is -2.13. The Bertz CT molecular complexity index is 1560. The Balaban J connectivity index is 1.39. The van der Waals surface area contributed by atoms with Gasteiger partial charge in [0.2, 0.25) is 0 Å². The summed E-state index contributed by atoms with van der Waals surface area (Å²) < 4.78 is 42.2. The van der Waals surface area contributed by atoms with E-state index in [1.54, 1.807) is 48.5 Å². The Kier molecular flexibility index (Phi) is 9.35. The highest BCUT2D eigenvalue weighted by Crippen LogP contribution is 2.30. The molecule has 39 heavy (non-hydrogen) atoms. The summed E-state index contributed by atoms with van der Waals surface area (Å²) in [5.74, 6) is 0.671. The quantitative estimate of drug-likeness (QED) is 0.128. The summed E-state index contributed by atoms with van der Waals surface area (Å²) in [4.78, 5) is 12.7. The minimum absolute atomic E-state index is 0.0496. The van der Waals surface area contributed by atoms with Gasteiger partial charge in [0.15, 0.2) is 17.2 Å². The van der Waals surface area contributed by atoms with Crippen molar-refractivity contribution in [3.05, 3.63) is 118 Å². The van der Waals surface area contributed by atoms with Gasteiger partial charge in [-0.3, -0.25) is 4.79 Å². The highest BCUT2D eigenvalue weighted by atomic mass is 79.9. The molecule has 0 aliphatic carbocycles. The van der Waals surface area contributed by atoms with Crippen LogP contribution >= 0.6 is 15.9 Å². The first-order chi connectivity index (χ1) is 18.9. The molecule has 0 aromatic heterocycles. The SMILES string of the molecule is CCOc1cc(C(=O)N/N=C/c2ccc(OS(=O)(=O)c3ccccc3)c(Br)c2)ccc1OCc1ccccc1. The van der Waals surface area contributed by atoms with Crippen LogP contribution in [0.2, 0.25) is 0 Å². The number of halogens is 1. The zero-order chi connectivity index (χ0) is 27.7. The third kappa shape index (κ3) is 7.68. The van der Waals surface area contributed by atoms with Crippen molar-refractivity contribution in [3.8, 4) is 17.2 Å². The van der Waals surface area contributed by atoms with Crippen LogP contribution in [0.1, 0.15) is 28.4 Å². The van der Waals surface area contributed by atoms with Crippen molar-refractivity contribution >= 4 is 38.2 Å². The molecule has 1 N–H and O–H groups in total. The molecular formula is C29H25BrN2O6S. The van der Waals surface area contributed by atoms with Crippen LogP contribution in [0.5, 0.6) is 17.2 Å². The van der Waals surface area contributed by atoms with Crippen molar-refractivity contribution < 1.29 is 26.9 Å². The third-order valence-corrected chi connectivity index (χ3v) is 7.18. The number of hydrogen-bond donors (Lipinski definition) is 1. The average molecular weight is 609 g/mol. The van der Waals surface area contributed by atoms with E-state index in [1.807, 2.05) is 37.3 Å². The third-order valence-electron chi connectivity index (χ3n) is 5.31. The fourth-order valence-electron chi connectivity index (χ4n) is 3.42. The smallest absolute Gasteiger partial charge is 0.339 e. The lowest BCUT2D eigenvalue weighted by molar-refractivity contribution is 0.0954. The van der Waals surface area contributed by atoms with E-state index in [1.165, 1.54) is 24.4 Å². The lowest BCUT2D eigenvalue weighted by Crippen LogP contribution is -2.17.